The predicted molar refractivity (Wildman–Crippen MR) is 194 cm³/mol. The number of nitrogens with one attached hydrogen (secondary N) is 2. The van der Waals surface area contributed by atoms with E-state index in [1.807, 2.05) is 0 Å². The van der Waals surface area contributed by atoms with Crippen LogP contribution in [0.25, 0.3) is 0 Å². The van der Waals surface area contributed by atoms with Crippen LogP contribution in [-0.2, 0) is 24.0 Å². The number of methoxy groups -OCH3 is 1. The number of carbonyl (C=O) groups is 4. The van der Waals surface area contributed by atoms with Crippen molar-refractivity contribution < 1.29 is 48.6 Å². The molecule has 1 aromatic heterocycles. The van der Waals surface area contributed by atoms with Gasteiger partial charge in [-0.2, -0.15) is 0 Å². The number of benzene rings is 1. The average molecular weight is 783 g/mol. The number of fused-ring (bicyclic) bond motifs is 1. The first kappa shape index (κ1) is 38.1. The van der Waals surface area contributed by atoms with Gasteiger partial charge in [0.25, 0.3) is 11.8 Å². The first-order valence-corrected chi connectivity index (χ1v) is 18.4. The number of amides is 2. The van der Waals surface area contributed by atoms with Crippen LogP contribution in [0, 0.1) is 0 Å². The van der Waals surface area contributed by atoms with Crippen molar-refractivity contribution in [2.75, 3.05) is 51.3 Å². The summed E-state index contributed by atoms with van der Waals surface area (Å²) in [5, 5.41) is 40.5. The molecule has 2 atom stereocenters. The zero-order valence-corrected chi connectivity index (χ0v) is 31.0. The number of quaternary nitrogens is 1. The Balaban J connectivity index is 1.29. The second-order valence-corrected chi connectivity index (χ2v) is 15.4. The third-order valence-electron chi connectivity index (χ3n) is 8.85. The number of rotatable bonds is 14. The Bertz CT molecular complexity index is 1830. The van der Waals surface area contributed by atoms with E-state index in [1.165, 1.54) is 43.0 Å². The van der Waals surface area contributed by atoms with Crippen LogP contribution in [-0.4, -0.2) is 127 Å². The molecule has 51 heavy (non-hydrogen) atoms. The minimum atomic E-state index is -1.78. The number of ether oxygens (including phenoxy) is 1. The molecule has 0 aliphatic carbocycles. The van der Waals surface area contributed by atoms with E-state index in [0.717, 1.165) is 37.3 Å². The number of carboxylic acids is 2. The fourth-order valence-corrected chi connectivity index (χ4v) is 8.54. The Morgan fingerprint density at radius 3 is 2.57 bits per heavy atom. The number of nitrogens with zero attached hydrogens (tertiary/aromatic N) is 4. The number of carbonyl (C=O) groups excluding carboxylic acids is 2. The van der Waals surface area contributed by atoms with Crippen molar-refractivity contribution in [1.29, 1.82) is 0 Å². The Labute approximate surface area is 311 Å². The van der Waals surface area contributed by atoms with Gasteiger partial charge in [0, 0.05) is 35.1 Å². The number of β-lactam (4-membered cyclic amide) rings is 1. The minimum Gasteiger partial charge on any atom is -0.503 e. The summed E-state index contributed by atoms with van der Waals surface area (Å²) in [4.78, 5) is 61.9. The number of thiazole rings is 1. The van der Waals surface area contributed by atoms with Crippen molar-refractivity contribution >= 4 is 86.5 Å². The van der Waals surface area contributed by atoms with Gasteiger partial charge in [-0.15, -0.1) is 23.1 Å². The smallest absolute Gasteiger partial charge is 0.352 e. The zero-order chi connectivity index (χ0) is 37.2. The normalized spacial score (nSPS) is 20.0. The van der Waals surface area contributed by atoms with Gasteiger partial charge >= 0.3 is 11.9 Å². The van der Waals surface area contributed by atoms with Gasteiger partial charge in [0.15, 0.2) is 22.3 Å². The van der Waals surface area contributed by atoms with Crippen LogP contribution >= 0.6 is 46.9 Å². The zero-order valence-electron chi connectivity index (χ0n) is 27.8. The van der Waals surface area contributed by atoms with Crippen molar-refractivity contribution in [2.45, 2.75) is 43.7 Å². The number of halogens is 1. The van der Waals surface area contributed by atoms with Crippen molar-refractivity contribution in [3.05, 3.63) is 45.1 Å². The second kappa shape index (κ2) is 15.2. The molecular weight excluding hydrogens is 746 g/mol. The molecule has 2 saturated heterocycles. The molecule has 4 heterocycles. The largest absolute Gasteiger partial charge is 0.503 e. The van der Waals surface area contributed by atoms with E-state index in [-0.39, 0.29) is 33.0 Å². The number of hydrogen-bond donors (Lipinski definition) is 6. The molecule has 0 bridgehead atoms. The van der Waals surface area contributed by atoms with Crippen molar-refractivity contribution in [2.24, 2.45) is 5.16 Å². The lowest BCUT2D eigenvalue weighted by Crippen LogP contribution is -2.71. The number of nitrogen functional groups attached to an aromatic ring is 1. The summed E-state index contributed by atoms with van der Waals surface area (Å²) < 4.78 is 5.68. The molecule has 0 spiro atoms. The van der Waals surface area contributed by atoms with Gasteiger partial charge in [0.05, 0.1) is 38.3 Å². The lowest BCUT2D eigenvalue weighted by atomic mass is 10.0. The summed E-state index contributed by atoms with van der Waals surface area (Å²) >= 11 is 14.2. The lowest BCUT2D eigenvalue weighted by molar-refractivity contribution is -0.911. The molecular formula is C31H37ClN7O9S3+. The number of thioether (sulfide) groups is 1. The third kappa shape index (κ3) is 7.86. The maximum Gasteiger partial charge on any atom is 0.352 e. The number of aromatic hydroxyl groups is 1. The molecule has 2 fully saturated rings. The number of likely N-dealkylation sites (tertiary alicyclic amines) is 1. The first-order chi connectivity index (χ1) is 24.1. The summed E-state index contributed by atoms with van der Waals surface area (Å²) in [5.41, 5.74) is 4.54. The Hall–Kier alpha value is -4.17. The van der Waals surface area contributed by atoms with E-state index < -0.39 is 46.5 Å². The number of phenolic OH excluding ortho intramolecular Hbond substituents is 1. The molecule has 3 aliphatic heterocycles. The molecule has 20 heteroatoms. The fourth-order valence-electron chi connectivity index (χ4n) is 6.07. The fraction of sp³-hybridized carbons (Fsp3) is 0.452. The maximum absolute atomic E-state index is 13.5. The highest BCUT2D eigenvalue weighted by Crippen LogP contribution is 2.42. The quantitative estimate of drug-likeness (QED) is 0.0530. The number of oxime groups is 1. The van der Waals surface area contributed by atoms with Crippen molar-refractivity contribution in [3.8, 4) is 11.5 Å². The van der Waals surface area contributed by atoms with Gasteiger partial charge in [0.1, 0.15) is 34.3 Å². The van der Waals surface area contributed by atoms with Gasteiger partial charge in [0.2, 0.25) is 5.60 Å². The number of carboxylic acid groups (broad SMARTS) is 2. The van der Waals surface area contributed by atoms with E-state index in [9.17, 15) is 34.5 Å². The van der Waals surface area contributed by atoms with Gasteiger partial charge in [-0.1, -0.05) is 29.0 Å². The molecule has 2 aromatic rings. The molecule has 3 aliphatic rings. The van der Waals surface area contributed by atoms with Crippen LogP contribution in [0.15, 0.2) is 33.9 Å². The van der Waals surface area contributed by atoms with Crippen molar-refractivity contribution in [3.63, 3.8) is 0 Å². The Morgan fingerprint density at radius 2 is 1.96 bits per heavy atom. The van der Waals surface area contributed by atoms with Crippen LogP contribution in [0.1, 0.15) is 37.9 Å². The molecule has 0 radical (unpaired) electrons. The van der Waals surface area contributed by atoms with Gasteiger partial charge in [-0.25, -0.2) is 14.6 Å². The van der Waals surface area contributed by atoms with Crippen molar-refractivity contribution in [1.82, 2.24) is 20.5 Å². The number of phenols is 1. The lowest BCUT2D eigenvalue weighted by Gasteiger charge is -2.50. The minimum absolute atomic E-state index is 0.0182. The second-order valence-electron chi connectivity index (χ2n) is 12.6. The number of thiocarbonyl (C=S) groups is 1. The number of nitrogens with two attached hydrogens (primary N) is 1. The van der Waals surface area contributed by atoms with Crippen LogP contribution in [0.5, 0.6) is 11.5 Å². The van der Waals surface area contributed by atoms with Gasteiger partial charge in [-0.05, 0) is 26.0 Å². The first-order valence-electron chi connectivity index (χ1n) is 15.7. The number of aromatic nitrogens is 1. The van der Waals surface area contributed by atoms with E-state index >= 15 is 0 Å². The third-order valence-corrected chi connectivity index (χ3v) is 11.6. The monoisotopic (exact) mass is 782 g/mol. The van der Waals surface area contributed by atoms with Gasteiger partial charge in [-0.3, -0.25) is 14.5 Å². The Morgan fingerprint density at radius 1 is 1.25 bits per heavy atom. The van der Waals surface area contributed by atoms with E-state index in [4.69, 9.17) is 39.1 Å². The molecule has 0 saturated carbocycles. The molecule has 0 unspecified atom stereocenters. The SMILES string of the molecule is COc1ccc(C(=S)NCC[N+]2(CC3=C(C(=O)O)N4C(=O)[C@@H](NC(=O)/C(=N\OC(C)(C)C(=O)O)c5csc(N)n5)[C@H]4SC3)CCCC2)c(Cl)c1O. The summed E-state index contributed by atoms with van der Waals surface area (Å²) in [5.74, 6) is -3.72. The molecule has 16 nitrogen and oxygen atoms in total. The number of anilines is 1. The maximum atomic E-state index is 13.5. The van der Waals surface area contributed by atoms with Crippen LogP contribution in [0.4, 0.5) is 5.13 Å². The molecule has 5 rings (SSSR count). The molecule has 7 N–H and O–H groups in total. The summed E-state index contributed by atoms with van der Waals surface area (Å²) in [6, 6.07) is 2.14. The highest BCUT2D eigenvalue weighted by molar-refractivity contribution is 8.00. The van der Waals surface area contributed by atoms with Gasteiger partial charge < -0.3 is 45.7 Å². The number of aliphatic carboxylic acids is 2. The van der Waals surface area contributed by atoms with E-state index in [1.54, 1.807) is 12.1 Å². The van der Waals surface area contributed by atoms with E-state index in [2.05, 4.69) is 20.8 Å². The molecule has 2 amide bonds. The summed E-state index contributed by atoms with van der Waals surface area (Å²) in [7, 11) is 1.42. The highest BCUT2D eigenvalue weighted by Gasteiger charge is 2.55. The van der Waals surface area contributed by atoms with E-state index in [0.29, 0.717) is 46.0 Å². The topological polar surface area (TPSA) is 226 Å². The molecule has 1 aromatic carbocycles. The predicted octanol–water partition coefficient (Wildman–Crippen LogP) is 1.99. The average Bonchev–Trinajstić information content (AvgIpc) is 3.73. The van der Waals surface area contributed by atoms with Crippen LogP contribution in [0.2, 0.25) is 5.02 Å². The van der Waals surface area contributed by atoms with Crippen LogP contribution in [0.3, 0.4) is 0 Å². The summed E-state index contributed by atoms with van der Waals surface area (Å²) in [6.45, 7) is 5.57. The highest BCUT2D eigenvalue weighted by atomic mass is 35.5. The number of hydrogen-bond acceptors (Lipinski definition) is 13. The molecule has 274 valence electrons. The summed E-state index contributed by atoms with van der Waals surface area (Å²) in [6.07, 6.45) is 1.90. The Kier molecular flexibility index (Phi) is 11.4. The van der Waals surface area contributed by atoms with Crippen LogP contribution < -0.4 is 21.1 Å². The standard InChI is InChI=1S/C31H36ClN7O9S3/c1-31(2,29(45)46)48-37-20(17-14-51-30(33)35-17)24(41)36-21-26(42)38-22(28(43)44)15(13-50-27(21)38)12-39(9-4-5-10-39)11-8-34-25(49)16-6-7-18(47-3)23(40)19(16)32/h6-7,14,21,27H,4-5,8-13H2,1-3H3,(H6-,33,34,35,36,40,41,43,44,45,46,49)/p+1/b37-20-/t21-,27-/m1/s1.